The molecule has 1 unspecified atom stereocenters. The van der Waals surface area contributed by atoms with Gasteiger partial charge < -0.3 is 9.42 Å². The lowest BCUT2D eigenvalue weighted by Crippen LogP contribution is -2.27. The highest BCUT2D eigenvalue weighted by Crippen LogP contribution is 2.55. The Kier molecular flexibility index (Phi) is 4.85. The molecule has 2 fully saturated rings. The summed E-state index contributed by atoms with van der Waals surface area (Å²) in [4.78, 5) is 11.0. The van der Waals surface area contributed by atoms with Crippen LogP contribution in [0, 0.1) is 0 Å². The molecule has 0 spiro atoms. The van der Waals surface area contributed by atoms with Crippen LogP contribution in [0.4, 0.5) is 0 Å². The maximum absolute atomic E-state index is 13.5. The third kappa shape index (κ3) is 3.13. The van der Waals surface area contributed by atoms with E-state index in [1.54, 1.807) is 6.07 Å². The van der Waals surface area contributed by atoms with E-state index >= 15 is 0 Å². The predicted octanol–water partition coefficient (Wildman–Crippen LogP) is 6.65. The molecule has 1 aliphatic heterocycles. The van der Waals surface area contributed by atoms with Crippen molar-refractivity contribution in [3.8, 4) is 16.9 Å². The summed E-state index contributed by atoms with van der Waals surface area (Å²) in [6.07, 6.45) is 12.2. The third-order valence-corrected chi connectivity index (χ3v) is 8.48. The van der Waals surface area contributed by atoms with E-state index in [0.717, 1.165) is 24.0 Å². The highest BCUT2D eigenvalue weighted by Gasteiger charge is 2.40. The van der Waals surface area contributed by atoms with Crippen LogP contribution < -0.4 is 9.83 Å². The van der Waals surface area contributed by atoms with Gasteiger partial charge in [-0.25, -0.2) is 4.57 Å². The first-order valence-corrected chi connectivity index (χ1v) is 12.5. The van der Waals surface area contributed by atoms with Crippen LogP contribution in [0.5, 0.6) is 5.75 Å². The second-order valence-corrected chi connectivity index (χ2v) is 10.4. The van der Waals surface area contributed by atoms with E-state index in [1.807, 2.05) is 18.2 Å². The quantitative estimate of drug-likeness (QED) is 0.578. The topological polar surface area (TPSA) is 46.5 Å². The average Bonchev–Trinajstić information content (AvgIpc) is 2.74. The van der Waals surface area contributed by atoms with Gasteiger partial charge in [-0.15, -0.1) is 0 Å². The molecular weight excluding hydrogens is 367 g/mol. The molecule has 0 saturated heterocycles. The van der Waals surface area contributed by atoms with Crippen molar-refractivity contribution in [1.29, 1.82) is 0 Å². The van der Waals surface area contributed by atoms with E-state index in [4.69, 9.17) is 4.52 Å². The fourth-order valence-electron chi connectivity index (χ4n) is 5.68. The van der Waals surface area contributed by atoms with Gasteiger partial charge in [0.25, 0.3) is 0 Å². The summed E-state index contributed by atoms with van der Waals surface area (Å²) in [5.41, 5.74) is 4.37. The lowest BCUT2D eigenvalue weighted by atomic mass is 9.75. The highest BCUT2D eigenvalue weighted by atomic mass is 31.2. The van der Waals surface area contributed by atoms with Crippen molar-refractivity contribution in [3.63, 3.8) is 0 Å². The van der Waals surface area contributed by atoms with E-state index < -0.39 is 7.60 Å². The van der Waals surface area contributed by atoms with Gasteiger partial charge in [0, 0.05) is 11.1 Å². The van der Waals surface area contributed by atoms with E-state index in [2.05, 4.69) is 12.1 Å². The lowest BCUT2D eigenvalue weighted by Gasteiger charge is -2.35. The zero-order valence-corrected chi connectivity index (χ0v) is 17.3. The van der Waals surface area contributed by atoms with Gasteiger partial charge in [0.15, 0.2) is 0 Å². The smallest absolute Gasteiger partial charge is 0.409 e. The van der Waals surface area contributed by atoms with Gasteiger partial charge in [0.2, 0.25) is 0 Å². The largest absolute Gasteiger partial charge is 0.421 e. The number of rotatable bonds is 2. The Morgan fingerprint density at radius 3 is 2.14 bits per heavy atom. The molecule has 2 aliphatic carbocycles. The normalized spacial score (nSPS) is 25.6. The van der Waals surface area contributed by atoms with Gasteiger partial charge >= 0.3 is 7.60 Å². The fraction of sp³-hybridized carbons (Fsp3) is 0.500. The number of hydrogen-bond acceptors (Lipinski definition) is 2. The van der Waals surface area contributed by atoms with Crippen LogP contribution in [-0.4, -0.2) is 4.89 Å². The van der Waals surface area contributed by atoms with Crippen LogP contribution >= 0.6 is 7.60 Å². The Labute approximate surface area is 167 Å². The van der Waals surface area contributed by atoms with Gasteiger partial charge in [0.1, 0.15) is 5.75 Å². The Morgan fingerprint density at radius 1 is 0.786 bits per heavy atom. The zero-order valence-electron chi connectivity index (χ0n) is 16.4. The summed E-state index contributed by atoms with van der Waals surface area (Å²) in [7, 11) is -3.89. The highest BCUT2D eigenvalue weighted by molar-refractivity contribution is 7.62. The molecule has 148 valence electrons. The molecule has 3 aliphatic rings. The summed E-state index contributed by atoms with van der Waals surface area (Å²) in [6, 6.07) is 12.0. The van der Waals surface area contributed by atoms with Crippen molar-refractivity contribution >= 4 is 12.9 Å². The van der Waals surface area contributed by atoms with Crippen LogP contribution in [0.1, 0.15) is 87.2 Å². The van der Waals surface area contributed by atoms with Crippen molar-refractivity contribution < 1.29 is 14.0 Å². The first kappa shape index (κ1) is 18.5. The van der Waals surface area contributed by atoms with E-state index in [0.29, 0.717) is 22.9 Å². The summed E-state index contributed by atoms with van der Waals surface area (Å²) < 4.78 is 19.2. The maximum atomic E-state index is 13.5. The Morgan fingerprint density at radius 2 is 1.43 bits per heavy atom. The molecule has 1 N–H and O–H groups in total. The number of para-hydroxylation sites is 1. The van der Waals surface area contributed by atoms with Crippen LogP contribution in [-0.2, 0) is 4.57 Å². The first-order valence-electron chi connectivity index (χ1n) is 10.9. The molecule has 28 heavy (non-hydrogen) atoms. The average molecular weight is 396 g/mol. The fourth-order valence-corrected chi connectivity index (χ4v) is 7.32. The minimum Gasteiger partial charge on any atom is -0.421 e. The first-order chi connectivity index (χ1) is 13.6. The Bertz CT molecular complexity index is 923. The van der Waals surface area contributed by atoms with E-state index in [1.165, 1.54) is 62.5 Å². The lowest BCUT2D eigenvalue weighted by molar-refractivity contribution is 0.388. The van der Waals surface area contributed by atoms with Crippen molar-refractivity contribution in [2.24, 2.45) is 0 Å². The third-order valence-electron chi connectivity index (χ3n) is 6.99. The van der Waals surface area contributed by atoms with E-state index in [-0.39, 0.29) is 0 Å². The van der Waals surface area contributed by atoms with Crippen molar-refractivity contribution in [2.45, 2.75) is 76.0 Å². The molecule has 0 aromatic heterocycles. The molecule has 5 rings (SSSR count). The second kappa shape index (κ2) is 7.35. The molecule has 0 amide bonds. The Hall–Kier alpha value is -1.57. The maximum Gasteiger partial charge on any atom is 0.409 e. The molecule has 0 bridgehead atoms. The van der Waals surface area contributed by atoms with Gasteiger partial charge in [-0.1, -0.05) is 68.9 Å². The summed E-state index contributed by atoms with van der Waals surface area (Å²) in [5.74, 6) is 1.43. The molecule has 3 nitrogen and oxygen atoms in total. The molecule has 2 saturated carbocycles. The number of hydrogen-bond donors (Lipinski definition) is 1. The van der Waals surface area contributed by atoms with Crippen molar-refractivity contribution in [3.05, 3.63) is 47.5 Å². The zero-order chi connectivity index (χ0) is 19.1. The van der Waals surface area contributed by atoms with Gasteiger partial charge in [-0.05, 0) is 54.7 Å². The SMILES string of the molecule is O=P1(O)Oc2ccccc2-c2ccc(C3CCCCC3)c(C3CCCCC3)c21. The Balaban J connectivity index is 1.74. The van der Waals surface area contributed by atoms with Crippen molar-refractivity contribution in [1.82, 2.24) is 0 Å². The molecule has 2 aromatic carbocycles. The van der Waals surface area contributed by atoms with Crippen LogP contribution in [0.25, 0.3) is 11.1 Å². The second-order valence-electron chi connectivity index (χ2n) is 8.74. The van der Waals surface area contributed by atoms with Gasteiger partial charge in [-0.3, -0.25) is 0 Å². The monoisotopic (exact) mass is 396 g/mol. The van der Waals surface area contributed by atoms with E-state index in [9.17, 15) is 9.46 Å². The summed E-state index contributed by atoms with van der Waals surface area (Å²) >= 11 is 0. The van der Waals surface area contributed by atoms with Crippen LogP contribution in [0.3, 0.4) is 0 Å². The minimum absolute atomic E-state index is 0.384. The number of benzene rings is 2. The molecular formula is C24H29O3P. The number of fused-ring (bicyclic) bond motifs is 3. The van der Waals surface area contributed by atoms with Crippen LogP contribution in [0.2, 0.25) is 0 Å². The molecule has 4 heteroatoms. The predicted molar refractivity (Wildman–Crippen MR) is 114 cm³/mol. The van der Waals surface area contributed by atoms with Gasteiger partial charge in [-0.2, -0.15) is 0 Å². The van der Waals surface area contributed by atoms with Crippen molar-refractivity contribution in [2.75, 3.05) is 0 Å². The standard InChI is InChI=1S/C24H29O3P/c25-28(26)24-21(20-13-7-8-14-22(20)27-28)16-15-19(17-9-3-1-4-10-17)23(24)18-11-5-2-6-12-18/h7-8,13-18H,1-6,9-12H2,(H,25,26). The minimum atomic E-state index is -3.89. The molecule has 0 radical (unpaired) electrons. The summed E-state index contributed by atoms with van der Waals surface area (Å²) in [5, 5.41) is 0.612. The van der Waals surface area contributed by atoms with Crippen LogP contribution in [0.15, 0.2) is 36.4 Å². The molecule has 1 atom stereocenters. The summed E-state index contributed by atoms with van der Waals surface area (Å²) in [6.45, 7) is 0. The molecule has 2 aromatic rings. The van der Waals surface area contributed by atoms with Gasteiger partial charge in [0.05, 0.1) is 5.30 Å². The molecule has 1 heterocycles.